The van der Waals surface area contributed by atoms with Crippen LogP contribution in [0, 0.1) is 5.92 Å². The number of hydrogen-bond acceptors (Lipinski definition) is 5. The fourth-order valence-electron chi connectivity index (χ4n) is 1.89. The summed E-state index contributed by atoms with van der Waals surface area (Å²) < 4.78 is 22.4. The van der Waals surface area contributed by atoms with Gasteiger partial charge in [-0.2, -0.15) is 0 Å². The van der Waals surface area contributed by atoms with Gasteiger partial charge in [0.2, 0.25) is 5.75 Å². The molecule has 0 bridgehead atoms. The molecule has 6 heteroatoms. The van der Waals surface area contributed by atoms with Gasteiger partial charge in [-0.3, -0.25) is 0 Å². The first-order chi connectivity index (χ1) is 9.52. The lowest BCUT2D eigenvalue weighted by Crippen LogP contribution is -2.46. The molecule has 2 rings (SSSR count). The summed E-state index contributed by atoms with van der Waals surface area (Å²) in [6.07, 6.45) is -0.569. The van der Waals surface area contributed by atoms with Gasteiger partial charge in [0.15, 0.2) is 11.5 Å². The van der Waals surface area contributed by atoms with E-state index in [4.69, 9.17) is 18.9 Å². The van der Waals surface area contributed by atoms with Crippen molar-refractivity contribution in [3.8, 4) is 17.2 Å². The van der Waals surface area contributed by atoms with Crippen molar-refractivity contribution >= 4 is 6.09 Å². The van der Waals surface area contributed by atoms with Gasteiger partial charge in [0.1, 0.15) is 0 Å². The average Bonchev–Trinajstić information content (AvgIpc) is 2.80. The summed E-state index contributed by atoms with van der Waals surface area (Å²) in [5.41, 5.74) is 0. The third kappa shape index (κ3) is 2.51. The lowest BCUT2D eigenvalue weighted by Gasteiger charge is -2.30. The Hall–Kier alpha value is -1.95. The zero-order chi connectivity index (χ0) is 14.8. The molecule has 0 aliphatic carbocycles. The number of para-hydroxylation sites is 1. The Morgan fingerprint density at radius 3 is 2.75 bits per heavy atom. The molecule has 1 aliphatic heterocycles. The van der Waals surface area contributed by atoms with Gasteiger partial charge in [-0.1, -0.05) is 19.9 Å². The molecule has 1 unspecified atom stereocenters. The summed E-state index contributed by atoms with van der Waals surface area (Å²) >= 11 is 0. The molecule has 1 heterocycles. The van der Waals surface area contributed by atoms with Gasteiger partial charge in [0.05, 0.1) is 12.5 Å². The molecule has 0 spiro atoms. The molecule has 0 saturated carbocycles. The number of ether oxygens (including phenoxy) is 4. The van der Waals surface area contributed by atoms with E-state index in [0.717, 1.165) is 0 Å². The fourth-order valence-corrected chi connectivity index (χ4v) is 1.89. The van der Waals surface area contributed by atoms with Gasteiger partial charge >= 0.3 is 12.1 Å². The predicted molar refractivity (Wildman–Crippen MR) is 72.0 cm³/mol. The van der Waals surface area contributed by atoms with E-state index in [1.807, 2.05) is 20.8 Å². The number of rotatable bonds is 4. The summed E-state index contributed by atoms with van der Waals surface area (Å²) in [5, 5.41) is 2.38. The van der Waals surface area contributed by atoms with Crippen molar-refractivity contribution in [1.29, 1.82) is 0 Å². The van der Waals surface area contributed by atoms with Crippen LogP contribution in [0.5, 0.6) is 17.2 Å². The largest absolute Gasteiger partial charge is 0.426 e. The van der Waals surface area contributed by atoms with Crippen LogP contribution in [0.25, 0.3) is 0 Å². The monoisotopic (exact) mass is 281 g/mol. The Labute approximate surface area is 118 Å². The molecule has 1 N–H and O–H groups in total. The molecule has 0 radical (unpaired) electrons. The van der Waals surface area contributed by atoms with E-state index >= 15 is 0 Å². The maximum atomic E-state index is 11.3. The van der Waals surface area contributed by atoms with E-state index in [-0.39, 0.29) is 5.92 Å². The highest BCUT2D eigenvalue weighted by atomic mass is 16.9. The first-order valence-corrected chi connectivity index (χ1v) is 6.57. The van der Waals surface area contributed by atoms with Crippen molar-refractivity contribution in [3.63, 3.8) is 0 Å². The standard InChI is InChI=1S/C14H19NO5/c1-5-17-14(9(2)3)19-11-8-6-7-10(12(11)20-14)18-13(16)15-4/h6-9H,5H2,1-4H3,(H,15,16). The molecule has 1 amide bonds. The minimum absolute atomic E-state index is 0.0392. The second-order valence-electron chi connectivity index (χ2n) is 4.62. The second kappa shape index (κ2) is 5.58. The number of hydrogen-bond donors (Lipinski definition) is 1. The van der Waals surface area contributed by atoms with Crippen LogP contribution in [0.3, 0.4) is 0 Å². The lowest BCUT2D eigenvalue weighted by atomic mass is 10.2. The van der Waals surface area contributed by atoms with Crippen molar-refractivity contribution in [2.24, 2.45) is 5.92 Å². The summed E-state index contributed by atoms with van der Waals surface area (Å²) in [5.74, 6) is -0.0576. The minimum atomic E-state index is -1.18. The van der Waals surface area contributed by atoms with Crippen molar-refractivity contribution in [3.05, 3.63) is 18.2 Å². The molecule has 0 aromatic heterocycles. The van der Waals surface area contributed by atoms with Crippen LogP contribution in [0.15, 0.2) is 18.2 Å². The summed E-state index contributed by atoms with van der Waals surface area (Å²) in [7, 11) is 1.49. The van der Waals surface area contributed by atoms with Gasteiger partial charge in [0.25, 0.3) is 0 Å². The Bertz CT molecular complexity index is 502. The molecular weight excluding hydrogens is 262 g/mol. The predicted octanol–water partition coefficient (Wildman–Crippen LogP) is 2.52. The van der Waals surface area contributed by atoms with Gasteiger partial charge in [-0.05, 0) is 19.1 Å². The Morgan fingerprint density at radius 2 is 2.15 bits per heavy atom. The molecule has 1 atom stereocenters. The first-order valence-electron chi connectivity index (χ1n) is 6.57. The molecule has 0 fully saturated rings. The van der Waals surface area contributed by atoms with Crippen LogP contribution < -0.4 is 19.5 Å². The van der Waals surface area contributed by atoms with E-state index in [9.17, 15) is 4.79 Å². The van der Waals surface area contributed by atoms with E-state index < -0.39 is 12.1 Å². The summed E-state index contributed by atoms with van der Waals surface area (Å²) in [6, 6.07) is 5.11. The molecule has 0 saturated heterocycles. The summed E-state index contributed by atoms with van der Waals surface area (Å²) in [6.45, 7) is 6.17. The Morgan fingerprint density at radius 1 is 1.40 bits per heavy atom. The number of benzene rings is 1. The maximum Gasteiger partial charge on any atom is 0.412 e. The van der Waals surface area contributed by atoms with Crippen molar-refractivity contribution < 1.29 is 23.7 Å². The molecule has 20 heavy (non-hydrogen) atoms. The van der Waals surface area contributed by atoms with Gasteiger partial charge in [0, 0.05) is 7.05 Å². The van der Waals surface area contributed by atoms with E-state index in [1.165, 1.54) is 7.05 Å². The quantitative estimate of drug-likeness (QED) is 0.918. The van der Waals surface area contributed by atoms with E-state index in [0.29, 0.717) is 23.9 Å². The van der Waals surface area contributed by atoms with Gasteiger partial charge in [-0.15, -0.1) is 0 Å². The van der Waals surface area contributed by atoms with Crippen LogP contribution >= 0.6 is 0 Å². The van der Waals surface area contributed by atoms with E-state index in [2.05, 4.69) is 5.32 Å². The van der Waals surface area contributed by atoms with Crippen molar-refractivity contribution in [1.82, 2.24) is 5.32 Å². The zero-order valence-corrected chi connectivity index (χ0v) is 12.1. The molecule has 6 nitrogen and oxygen atoms in total. The Balaban J connectivity index is 2.31. The lowest BCUT2D eigenvalue weighted by molar-refractivity contribution is -0.305. The van der Waals surface area contributed by atoms with Crippen molar-refractivity contribution in [2.45, 2.75) is 26.7 Å². The fraction of sp³-hybridized carbons (Fsp3) is 0.500. The highest BCUT2D eigenvalue weighted by Gasteiger charge is 2.47. The van der Waals surface area contributed by atoms with Crippen LogP contribution in [-0.2, 0) is 4.74 Å². The van der Waals surface area contributed by atoms with Crippen LogP contribution in [0.1, 0.15) is 20.8 Å². The highest BCUT2D eigenvalue weighted by molar-refractivity contribution is 5.72. The highest BCUT2D eigenvalue weighted by Crippen LogP contribution is 2.48. The smallest absolute Gasteiger partial charge is 0.412 e. The number of amides is 1. The molecular formula is C14H19NO5. The van der Waals surface area contributed by atoms with Crippen molar-refractivity contribution in [2.75, 3.05) is 13.7 Å². The van der Waals surface area contributed by atoms with Gasteiger partial charge in [-0.25, -0.2) is 4.79 Å². The number of nitrogens with one attached hydrogen (secondary N) is 1. The SMILES string of the molecule is CCOC1(C(C)C)Oc2cccc(OC(=O)NC)c2O1. The average molecular weight is 281 g/mol. The first kappa shape index (κ1) is 14.5. The maximum absolute atomic E-state index is 11.3. The topological polar surface area (TPSA) is 66.0 Å². The Kier molecular flexibility index (Phi) is 4.04. The molecule has 1 aromatic rings. The van der Waals surface area contributed by atoms with E-state index in [1.54, 1.807) is 18.2 Å². The number of fused-ring (bicyclic) bond motifs is 1. The zero-order valence-electron chi connectivity index (χ0n) is 12.1. The minimum Gasteiger partial charge on any atom is -0.426 e. The third-order valence-electron chi connectivity index (χ3n) is 2.90. The molecule has 1 aromatic carbocycles. The molecule has 1 aliphatic rings. The second-order valence-corrected chi connectivity index (χ2v) is 4.62. The van der Waals surface area contributed by atoms with Gasteiger partial charge < -0.3 is 24.3 Å². The number of carbonyl (C=O) groups is 1. The number of carbonyl (C=O) groups excluding carboxylic acids is 1. The van der Waals surface area contributed by atoms with Crippen LogP contribution in [-0.4, -0.2) is 25.7 Å². The normalized spacial score (nSPS) is 20.1. The van der Waals surface area contributed by atoms with Crippen LogP contribution in [0.4, 0.5) is 4.79 Å². The third-order valence-corrected chi connectivity index (χ3v) is 2.90. The van der Waals surface area contributed by atoms with Crippen LogP contribution in [0.2, 0.25) is 0 Å². The molecule has 110 valence electrons. The summed E-state index contributed by atoms with van der Waals surface area (Å²) in [4.78, 5) is 11.3.